The minimum Gasteiger partial charge on any atom is -0.491 e. The minimum atomic E-state index is -0.0270. The highest BCUT2D eigenvalue weighted by Crippen LogP contribution is 2.27. The van der Waals surface area contributed by atoms with Crippen molar-refractivity contribution in [1.82, 2.24) is 0 Å². The van der Waals surface area contributed by atoms with Gasteiger partial charge < -0.3 is 14.8 Å². The molecule has 0 spiro atoms. The number of anilines is 1. The van der Waals surface area contributed by atoms with E-state index in [1.807, 2.05) is 12.1 Å². The summed E-state index contributed by atoms with van der Waals surface area (Å²) in [5.41, 5.74) is 1.11. The van der Waals surface area contributed by atoms with Crippen LogP contribution in [0.2, 0.25) is 0 Å². The second kappa shape index (κ2) is 6.49. The Morgan fingerprint density at radius 2 is 2.25 bits per heavy atom. The molecular weight excluding hydrogens is 250 g/mol. The third kappa shape index (κ3) is 4.41. The number of rotatable bonds is 5. The molecule has 1 aliphatic rings. The molecule has 3 nitrogen and oxygen atoms in total. The van der Waals surface area contributed by atoms with E-state index in [1.165, 1.54) is 0 Å². The largest absolute Gasteiger partial charge is 0.491 e. The third-order valence-corrected chi connectivity index (χ3v) is 3.81. The van der Waals surface area contributed by atoms with Gasteiger partial charge in [0.05, 0.1) is 11.7 Å². The van der Waals surface area contributed by atoms with Crippen molar-refractivity contribution in [2.24, 2.45) is 0 Å². The Bertz CT molecular complexity index is 431. The van der Waals surface area contributed by atoms with Gasteiger partial charge in [0.1, 0.15) is 5.75 Å². The Morgan fingerprint density at radius 3 is 2.95 bits per heavy atom. The Balaban J connectivity index is 1.97. The van der Waals surface area contributed by atoms with Crippen molar-refractivity contribution >= 4 is 5.69 Å². The highest BCUT2D eigenvalue weighted by Gasteiger charge is 2.28. The topological polar surface area (TPSA) is 30.5 Å². The summed E-state index contributed by atoms with van der Waals surface area (Å²) < 4.78 is 11.6. The maximum Gasteiger partial charge on any atom is 0.121 e. The van der Waals surface area contributed by atoms with Gasteiger partial charge in [0.2, 0.25) is 0 Å². The van der Waals surface area contributed by atoms with Crippen LogP contribution < -0.4 is 10.1 Å². The standard InChI is InChI=1S/C17H27NO2/c1-5-13(2)20-16-8-6-7-14(11-16)18-15-9-10-19-17(3,4)12-15/h6-8,11,13,15,18H,5,9-10,12H2,1-4H3. The van der Waals surface area contributed by atoms with Crippen molar-refractivity contribution in [3.63, 3.8) is 0 Å². The van der Waals surface area contributed by atoms with Gasteiger partial charge >= 0.3 is 0 Å². The lowest BCUT2D eigenvalue weighted by molar-refractivity contribution is -0.0553. The van der Waals surface area contributed by atoms with Crippen LogP contribution in [0, 0.1) is 0 Å². The smallest absolute Gasteiger partial charge is 0.121 e. The molecule has 1 aromatic rings. The van der Waals surface area contributed by atoms with Crippen LogP contribution in [0.25, 0.3) is 0 Å². The van der Waals surface area contributed by atoms with Crippen molar-refractivity contribution in [3.05, 3.63) is 24.3 Å². The van der Waals surface area contributed by atoms with Crippen LogP contribution in [0.15, 0.2) is 24.3 Å². The van der Waals surface area contributed by atoms with E-state index >= 15 is 0 Å². The van der Waals surface area contributed by atoms with Gasteiger partial charge in [-0.05, 0) is 52.2 Å². The van der Waals surface area contributed by atoms with Crippen molar-refractivity contribution in [2.75, 3.05) is 11.9 Å². The van der Waals surface area contributed by atoms with E-state index in [9.17, 15) is 0 Å². The molecule has 0 bridgehead atoms. The van der Waals surface area contributed by atoms with Crippen molar-refractivity contribution in [2.45, 2.75) is 64.7 Å². The lowest BCUT2D eigenvalue weighted by Crippen LogP contribution is -2.40. The lowest BCUT2D eigenvalue weighted by atomic mass is 9.94. The quantitative estimate of drug-likeness (QED) is 0.873. The number of hydrogen-bond acceptors (Lipinski definition) is 3. The van der Waals surface area contributed by atoms with Gasteiger partial charge in [-0.25, -0.2) is 0 Å². The van der Waals surface area contributed by atoms with E-state index < -0.39 is 0 Å². The van der Waals surface area contributed by atoms with Crippen molar-refractivity contribution in [1.29, 1.82) is 0 Å². The first-order valence-electron chi connectivity index (χ1n) is 7.66. The van der Waals surface area contributed by atoms with Gasteiger partial charge in [-0.15, -0.1) is 0 Å². The van der Waals surface area contributed by atoms with Gasteiger partial charge in [0.15, 0.2) is 0 Å². The minimum absolute atomic E-state index is 0.0270. The predicted molar refractivity (Wildman–Crippen MR) is 83.5 cm³/mol. The molecule has 1 N–H and O–H groups in total. The third-order valence-electron chi connectivity index (χ3n) is 3.81. The number of nitrogens with one attached hydrogen (secondary N) is 1. The molecule has 0 aromatic heterocycles. The van der Waals surface area contributed by atoms with E-state index in [1.54, 1.807) is 0 Å². The van der Waals surface area contributed by atoms with Gasteiger partial charge in [0.25, 0.3) is 0 Å². The van der Waals surface area contributed by atoms with Crippen LogP contribution in [0.5, 0.6) is 5.75 Å². The number of benzene rings is 1. The normalized spacial score (nSPS) is 23.1. The van der Waals surface area contributed by atoms with Crippen LogP contribution in [-0.2, 0) is 4.74 Å². The maximum atomic E-state index is 5.87. The van der Waals surface area contributed by atoms with Gasteiger partial charge in [-0.2, -0.15) is 0 Å². The van der Waals surface area contributed by atoms with E-state index in [0.717, 1.165) is 37.3 Å². The summed E-state index contributed by atoms with van der Waals surface area (Å²) in [6.07, 6.45) is 3.36. The molecule has 0 saturated carbocycles. The van der Waals surface area contributed by atoms with Gasteiger partial charge in [0, 0.05) is 24.4 Å². The summed E-state index contributed by atoms with van der Waals surface area (Å²) in [6, 6.07) is 8.73. The molecule has 0 aliphatic carbocycles. The molecular formula is C17H27NO2. The molecule has 2 unspecified atom stereocenters. The summed E-state index contributed by atoms with van der Waals surface area (Å²) in [4.78, 5) is 0. The molecule has 20 heavy (non-hydrogen) atoms. The molecule has 1 heterocycles. The average molecular weight is 277 g/mol. The molecule has 1 saturated heterocycles. The van der Waals surface area contributed by atoms with Crippen LogP contribution in [0.4, 0.5) is 5.69 Å². The summed E-state index contributed by atoms with van der Waals surface area (Å²) >= 11 is 0. The highest BCUT2D eigenvalue weighted by atomic mass is 16.5. The molecule has 2 atom stereocenters. The Morgan fingerprint density at radius 1 is 1.45 bits per heavy atom. The fraction of sp³-hybridized carbons (Fsp3) is 0.647. The second-order valence-corrected chi connectivity index (χ2v) is 6.31. The second-order valence-electron chi connectivity index (χ2n) is 6.31. The summed E-state index contributed by atoms with van der Waals surface area (Å²) in [7, 11) is 0. The number of ether oxygens (including phenoxy) is 2. The zero-order valence-corrected chi connectivity index (χ0v) is 13.1. The van der Waals surface area contributed by atoms with E-state index in [4.69, 9.17) is 9.47 Å². The van der Waals surface area contributed by atoms with Crippen molar-refractivity contribution < 1.29 is 9.47 Å². The molecule has 112 valence electrons. The van der Waals surface area contributed by atoms with Crippen LogP contribution in [0.1, 0.15) is 47.0 Å². The first-order chi connectivity index (χ1) is 9.48. The molecule has 1 aromatic carbocycles. The average Bonchev–Trinajstić information content (AvgIpc) is 2.37. The Hall–Kier alpha value is -1.22. The fourth-order valence-corrected chi connectivity index (χ4v) is 2.57. The van der Waals surface area contributed by atoms with E-state index in [0.29, 0.717) is 6.04 Å². The molecule has 0 amide bonds. The van der Waals surface area contributed by atoms with Crippen LogP contribution >= 0.6 is 0 Å². The van der Waals surface area contributed by atoms with Crippen molar-refractivity contribution in [3.8, 4) is 5.75 Å². The predicted octanol–water partition coefficient (Wildman–Crippen LogP) is 4.23. The molecule has 0 radical (unpaired) electrons. The van der Waals surface area contributed by atoms with Gasteiger partial charge in [-0.3, -0.25) is 0 Å². The first-order valence-corrected chi connectivity index (χ1v) is 7.66. The zero-order chi connectivity index (χ0) is 14.6. The summed E-state index contributed by atoms with van der Waals surface area (Å²) in [5, 5.41) is 3.61. The maximum absolute atomic E-state index is 5.87. The highest BCUT2D eigenvalue weighted by molar-refractivity contribution is 5.49. The Kier molecular flexibility index (Phi) is 4.92. The SMILES string of the molecule is CCC(C)Oc1cccc(NC2CCOC(C)(C)C2)c1. The number of hydrogen-bond donors (Lipinski definition) is 1. The van der Waals surface area contributed by atoms with E-state index in [-0.39, 0.29) is 11.7 Å². The molecule has 1 fully saturated rings. The zero-order valence-electron chi connectivity index (χ0n) is 13.1. The summed E-state index contributed by atoms with van der Waals surface area (Å²) in [5.74, 6) is 0.940. The van der Waals surface area contributed by atoms with Crippen LogP contribution in [-0.4, -0.2) is 24.4 Å². The van der Waals surface area contributed by atoms with E-state index in [2.05, 4.69) is 45.1 Å². The fourth-order valence-electron chi connectivity index (χ4n) is 2.57. The Labute approximate surface area is 122 Å². The van der Waals surface area contributed by atoms with Crippen LogP contribution in [0.3, 0.4) is 0 Å². The molecule has 1 aliphatic heterocycles. The molecule has 3 heteroatoms. The van der Waals surface area contributed by atoms with Gasteiger partial charge in [-0.1, -0.05) is 13.0 Å². The molecule has 2 rings (SSSR count). The summed E-state index contributed by atoms with van der Waals surface area (Å²) in [6.45, 7) is 9.37. The lowest BCUT2D eigenvalue weighted by Gasteiger charge is -2.36. The first kappa shape index (κ1) is 15.2. The monoisotopic (exact) mass is 277 g/mol.